The Hall–Kier alpha value is -3.09. The van der Waals surface area contributed by atoms with Crippen LogP contribution >= 0.6 is 0 Å². The van der Waals surface area contributed by atoms with Gasteiger partial charge in [0.05, 0.1) is 12.2 Å². The van der Waals surface area contributed by atoms with Crippen molar-refractivity contribution in [3.63, 3.8) is 0 Å². The maximum absolute atomic E-state index is 13.2. The average molecular weight is 384 g/mol. The van der Waals surface area contributed by atoms with Gasteiger partial charge in [-0.25, -0.2) is 0 Å². The Morgan fingerprint density at radius 2 is 1.96 bits per heavy atom. The van der Waals surface area contributed by atoms with Crippen LogP contribution in [0.1, 0.15) is 29.5 Å². The van der Waals surface area contributed by atoms with E-state index in [9.17, 15) is 19.5 Å². The second-order valence-corrected chi connectivity index (χ2v) is 7.19. The van der Waals surface area contributed by atoms with E-state index < -0.39 is 23.8 Å². The van der Waals surface area contributed by atoms with Gasteiger partial charge in [0.25, 0.3) is 5.91 Å². The van der Waals surface area contributed by atoms with Crippen LogP contribution in [0.4, 0.5) is 0 Å². The molecule has 1 aliphatic heterocycles. The molecule has 2 aromatic rings. The van der Waals surface area contributed by atoms with Gasteiger partial charge in [-0.15, -0.1) is 0 Å². The van der Waals surface area contributed by atoms with Crippen molar-refractivity contribution in [2.24, 2.45) is 11.8 Å². The molecule has 7 heteroatoms. The number of carboxylic acid groups (broad SMARTS) is 1. The number of hydrogen-bond donors (Lipinski definition) is 2. The molecule has 148 valence electrons. The fourth-order valence-corrected chi connectivity index (χ4v) is 3.62. The standard InChI is InChI=1S/C21H24N2O5/c1-14-13-23(10-9-16(14)21(26)27)20(25)17(12-15-6-3-2-4-7-15)22-19(24)18-8-5-11-28-18/h2-8,11,14,16-17H,9-10,12-13H2,1H3,(H,22,24)(H,26,27). The fourth-order valence-electron chi connectivity index (χ4n) is 3.62. The summed E-state index contributed by atoms with van der Waals surface area (Å²) in [4.78, 5) is 38.6. The number of hydrogen-bond acceptors (Lipinski definition) is 4. The molecule has 2 amide bonds. The molecule has 2 heterocycles. The number of aliphatic carboxylic acids is 1. The Labute approximate surface area is 163 Å². The van der Waals surface area contributed by atoms with Gasteiger partial charge in [0.15, 0.2) is 5.76 Å². The van der Waals surface area contributed by atoms with E-state index in [1.165, 1.54) is 6.26 Å². The number of carboxylic acids is 1. The van der Waals surface area contributed by atoms with Crippen LogP contribution in [0.2, 0.25) is 0 Å². The van der Waals surface area contributed by atoms with Crippen molar-refractivity contribution in [3.8, 4) is 0 Å². The number of nitrogens with zero attached hydrogens (tertiary/aromatic N) is 1. The summed E-state index contributed by atoms with van der Waals surface area (Å²) in [5, 5.41) is 12.1. The summed E-state index contributed by atoms with van der Waals surface area (Å²) in [5.41, 5.74) is 0.925. The highest BCUT2D eigenvalue weighted by Gasteiger charge is 2.35. The number of carbonyl (C=O) groups excluding carboxylic acids is 2. The number of amides is 2. The van der Waals surface area contributed by atoms with Crippen molar-refractivity contribution in [1.82, 2.24) is 10.2 Å². The first-order valence-corrected chi connectivity index (χ1v) is 9.35. The summed E-state index contributed by atoms with van der Waals surface area (Å²) < 4.78 is 5.13. The van der Waals surface area contributed by atoms with Gasteiger partial charge in [0.1, 0.15) is 6.04 Å². The first kappa shape index (κ1) is 19.7. The zero-order chi connectivity index (χ0) is 20.1. The summed E-state index contributed by atoms with van der Waals surface area (Å²) in [5.74, 6) is -1.94. The highest BCUT2D eigenvalue weighted by Crippen LogP contribution is 2.24. The Morgan fingerprint density at radius 3 is 2.57 bits per heavy atom. The molecule has 3 atom stereocenters. The highest BCUT2D eigenvalue weighted by atomic mass is 16.4. The number of likely N-dealkylation sites (tertiary alicyclic amines) is 1. The molecule has 28 heavy (non-hydrogen) atoms. The van der Waals surface area contributed by atoms with Crippen LogP contribution in [-0.4, -0.2) is 46.9 Å². The lowest BCUT2D eigenvalue weighted by Crippen LogP contribution is -2.53. The van der Waals surface area contributed by atoms with Crippen molar-refractivity contribution < 1.29 is 23.9 Å². The minimum Gasteiger partial charge on any atom is -0.481 e. The SMILES string of the molecule is CC1CN(C(=O)C(Cc2ccccc2)NC(=O)c2ccco2)CCC1C(=O)O. The fraction of sp³-hybridized carbons (Fsp3) is 0.381. The van der Waals surface area contributed by atoms with E-state index in [4.69, 9.17) is 4.42 Å². The largest absolute Gasteiger partial charge is 0.481 e. The molecule has 3 unspecified atom stereocenters. The molecule has 0 radical (unpaired) electrons. The third-order valence-corrected chi connectivity index (χ3v) is 5.17. The molecule has 1 saturated heterocycles. The highest BCUT2D eigenvalue weighted by molar-refractivity contribution is 5.95. The van der Waals surface area contributed by atoms with Crippen LogP contribution in [0.15, 0.2) is 53.1 Å². The van der Waals surface area contributed by atoms with Crippen LogP contribution in [0.5, 0.6) is 0 Å². The van der Waals surface area contributed by atoms with Gasteiger partial charge in [-0.05, 0) is 30.0 Å². The van der Waals surface area contributed by atoms with Crippen molar-refractivity contribution in [3.05, 3.63) is 60.1 Å². The van der Waals surface area contributed by atoms with E-state index >= 15 is 0 Å². The average Bonchev–Trinajstić information content (AvgIpc) is 3.22. The van der Waals surface area contributed by atoms with E-state index in [-0.39, 0.29) is 17.6 Å². The van der Waals surface area contributed by atoms with Crippen LogP contribution < -0.4 is 5.32 Å². The summed E-state index contributed by atoms with van der Waals surface area (Å²) in [7, 11) is 0. The van der Waals surface area contributed by atoms with E-state index in [0.717, 1.165) is 5.56 Å². The number of nitrogens with one attached hydrogen (secondary N) is 1. The third kappa shape index (κ3) is 4.60. The van der Waals surface area contributed by atoms with Crippen LogP contribution in [0, 0.1) is 11.8 Å². The number of rotatable bonds is 6. The van der Waals surface area contributed by atoms with Crippen LogP contribution in [0.25, 0.3) is 0 Å². The molecule has 1 aromatic heterocycles. The normalized spacial score (nSPS) is 20.4. The lowest BCUT2D eigenvalue weighted by atomic mass is 9.86. The number of carbonyl (C=O) groups is 3. The second kappa shape index (κ2) is 8.73. The molecule has 2 N–H and O–H groups in total. The van der Waals surface area contributed by atoms with Gasteiger partial charge >= 0.3 is 5.97 Å². The number of furan rings is 1. The Kier molecular flexibility index (Phi) is 6.13. The summed E-state index contributed by atoms with van der Waals surface area (Å²) in [6.07, 6.45) is 2.16. The van der Waals surface area contributed by atoms with Gasteiger partial charge in [-0.1, -0.05) is 37.3 Å². The van der Waals surface area contributed by atoms with Crippen molar-refractivity contribution in [2.75, 3.05) is 13.1 Å². The molecular weight excluding hydrogens is 360 g/mol. The van der Waals surface area contributed by atoms with Gasteiger partial charge in [0, 0.05) is 19.5 Å². The van der Waals surface area contributed by atoms with Crippen molar-refractivity contribution in [2.45, 2.75) is 25.8 Å². The van der Waals surface area contributed by atoms with Gasteiger partial charge in [0.2, 0.25) is 5.91 Å². The Bertz CT molecular complexity index is 819. The summed E-state index contributed by atoms with van der Waals surface area (Å²) >= 11 is 0. The lowest BCUT2D eigenvalue weighted by molar-refractivity contribution is -0.148. The molecule has 1 aromatic carbocycles. The predicted octanol–water partition coefficient (Wildman–Crippen LogP) is 2.19. The monoisotopic (exact) mass is 384 g/mol. The lowest BCUT2D eigenvalue weighted by Gasteiger charge is -2.36. The van der Waals surface area contributed by atoms with E-state index in [2.05, 4.69) is 5.32 Å². The van der Waals surface area contributed by atoms with Crippen LogP contribution in [0.3, 0.4) is 0 Å². The number of piperidine rings is 1. The van der Waals surface area contributed by atoms with Gasteiger partial charge < -0.3 is 19.7 Å². The van der Waals surface area contributed by atoms with E-state index in [1.54, 1.807) is 17.0 Å². The first-order chi connectivity index (χ1) is 13.5. The Morgan fingerprint density at radius 1 is 1.21 bits per heavy atom. The van der Waals surface area contributed by atoms with Crippen molar-refractivity contribution >= 4 is 17.8 Å². The zero-order valence-corrected chi connectivity index (χ0v) is 15.7. The quantitative estimate of drug-likeness (QED) is 0.795. The summed E-state index contributed by atoms with van der Waals surface area (Å²) in [6, 6.07) is 11.9. The molecule has 0 saturated carbocycles. The van der Waals surface area contributed by atoms with Crippen molar-refractivity contribution in [1.29, 1.82) is 0 Å². The zero-order valence-electron chi connectivity index (χ0n) is 15.7. The second-order valence-electron chi connectivity index (χ2n) is 7.19. The molecule has 1 aliphatic rings. The molecule has 1 fully saturated rings. The molecular formula is C21H24N2O5. The smallest absolute Gasteiger partial charge is 0.306 e. The maximum atomic E-state index is 13.2. The van der Waals surface area contributed by atoms with Gasteiger partial charge in [-0.2, -0.15) is 0 Å². The van der Waals surface area contributed by atoms with Gasteiger partial charge in [-0.3, -0.25) is 14.4 Å². The molecule has 0 bridgehead atoms. The number of benzene rings is 1. The molecule has 3 rings (SSSR count). The summed E-state index contributed by atoms with van der Waals surface area (Å²) in [6.45, 7) is 2.56. The minimum absolute atomic E-state index is 0.142. The first-order valence-electron chi connectivity index (χ1n) is 9.35. The minimum atomic E-state index is -0.827. The molecule has 0 spiro atoms. The predicted molar refractivity (Wildman–Crippen MR) is 102 cm³/mol. The van der Waals surface area contributed by atoms with E-state index in [1.807, 2.05) is 37.3 Å². The Balaban J connectivity index is 1.74. The topological polar surface area (TPSA) is 99.9 Å². The third-order valence-electron chi connectivity index (χ3n) is 5.17. The van der Waals surface area contributed by atoms with E-state index in [0.29, 0.717) is 25.9 Å². The maximum Gasteiger partial charge on any atom is 0.306 e. The molecule has 0 aliphatic carbocycles. The van der Waals surface area contributed by atoms with Crippen LogP contribution in [-0.2, 0) is 16.0 Å². The molecule has 7 nitrogen and oxygen atoms in total.